The second-order valence-electron chi connectivity index (χ2n) is 6.14. The summed E-state index contributed by atoms with van der Waals surface area (Å²) in [6, 6.07) is -0.811. The topological polar surface area (TPSA) is 76.7 Å². The van der Waals surface area contributed by atoms with E-state index in [1.54, 1.807) is 14.2 Å². The molecule has 2 N–H and O–H groups in total. The van der Waals surface area contributed by atoms with Crippen molar-refractivity contribution < 1.29 is 19.1 Å². The van der Waals surface area contributed by atoms with Gasteiger partial charge in [-0.2, -0.15) is 0 Å². The van der Waals surface area contributed by atoms with Crippen molar-refractivity contribution in [1.82, 2.24) is 10.6 Å². The van der Waals surface area contributed by atoms with Crippen molar-refractivity contribution in [2.45, 2.75) is 65.8 Å². The van der Waals surface area contributed by atoms with E-state index < -0.39 is 12.3 Å². The van der Waals surface area contributed by atoms with Crippen molar-refractivity contribution in [2.24, 2.45) is 11.8 Å². The van der Waals surface area contributed by atoms with Gasteiger partial charge in [0.05, 0.1) is 6.04 Å². The maximum Gasteiger partial charge on any atom is 0.242 e. The molecule has 0 saturated carbocycles. The first-order chi connectivity index (χ1) is 10.3. The molecule has 0 aromatic rings. The van der Waals surface area contributed by atoms with E-state index in [1.807, 2.05) is 27.7 Å². The van der Waals surface area contributed by atoms with Crippen molar-refractivity contribution >= 4 is 11.8 Å². The van der Waals surface area contributed by atoms with E-state index in [2.05, 4.69) is 10.6 Å². The van der Waals surface area contributed by atoms with E-state index in [9.17, 15) is 9.59 Å². The van der Waals surface area contributed by atoms with E-state index >= 15 is 0 Å². The molecule has 0 heterocycles. The predicted molar refractivity (Wildman–Crippen MR) is 86.3 cm³/mol. The number of hydrogen-bond acceptors (Lipinski definition) is 4. The highest BCUT2D eigenvalue weighted by Crippen LogP contribution is 2.15. The number of rotatable bonds is 10. The van der Waals surface area contributed by atoms with Crippen molar-refractivity contribution in [1.29, 1.82) is 0 Å². The molecule has 0 rings (SSSR count). The molecule has 3 atom stereocenters. The fourth-order valence-corrected chi connectivity index (χ4v) is 2.34. The summed E-state index contributed by atoms with van der Waals surface area (Å²) in [5.74, 6) is 0.0698. The summed E-state index contributed by atoms with van der Waals surface area (Å²) >= 11 is 0. The van der Waals surface area contributed by atoms with Crippen LogP contribution in [0.2, 0.25) is 0 Å². The Balaban J connectivity index is 5.04. The Hall–Kier alpha value is -1.14. The lowest BCUT2D eigenvalue weighted by Crippen LogP contribution is -2.55. The monoisotopic (exact) mass is 316 g/mol. The number of nitrogens with one attached hydrogen (secondary N) is 2. The van der Waals surface area contributed by atoms with Gasteiger partial charge in [-0.1, -0.05) is 34.1 Å². The highest BCUT2D eigenvalue weighted by molar-refractivity contribution is 5.87. The number of ether oxygens (including phenoxy) is 2. The molecule has 0 aliphatic rings. The lowest BCUT2D eigenvalue weighted by atomic mass is 9.97. The van der Waals surface area contributed by atoms with Gasteiger partial charge in [-0.05, 0) is 18.3 Å². The van der Waals surface area contributed by atoms with Crippen LogP contribution < -0.4 is 10.6 Å². The van der Waals surface area contributed by atoms with E-state index in [1.165, 1.54) is 6.92 Å². The summed E-state index contributed by atoms with van der Waals surface area (Å²) in [6.07, 6.45) is 0.947. The molecule has 2 unspecified atom stereocenters. The number of methoxy groups -OCH3 is 2. The molecule has 130 valence electrons. The van der Waals surface area contributed by atoms with Crippen molar-refractivity contribution in [3.63, 3.8) is 0 Å². The molecule has 0 aromatic heterocycles. The molecule has 2 amide bonds. The van der Waals surface area contributed by atoms with Gasteiger partial charge in [0.2, 0.25) is 11.8 Å². The van der Waals surface area contributed by atoms with Gasteiger partial charge in [-0.25, -0.2) is 0 Å². The fraction of sp³-hybridized carbons (Fsp3) is 0.875. The zero-order chi connectivity index (χ0) is 17.3. The highest BCUT2D eigenvalue weighted by Gasteiger charge is 2.30. The molecular formula is C16H32N2O4. The van der Waals surface area contributed by atoms with E-state index in [0.29, 0.717) is 12.3 Å². The van der Waals surface area contributed by atoms with Gasteiger partial charge in [-0.15, -0.1) is 0 Å². The van der Waals surface area contributed by atoms with Gasteiger partial charge in [0, 0.05) is 21.1 Å². The molecule has 0 aliphatic carbocycles. The molecule has 22 heavy (non-hydrogen) atoms. The van der Waals surface area contributed by atoms with Crippen LogP contribution in [0.5, 0.6) is 0 Å². The van der Waals surface area contributed by atoms with Gasteiger partial charge in [-0.3, -0.25) is 9.59 Å². The lowest BCUT2D eigenvalue weighted by molar-refractivity contribution is -0.145. The maximum atomic E-state index is 12.5. The largest absolute Gasteiger partial charge is 0.354 e. The summed E-state index contributed by atoms with van der Waals surface area (Å²) < 4.78 is 10.6. The molecule has 6 heteroatoms. The van der Waals surface area contributed by atoms with Gasteiger partial charge >= 0.3 is 0 Å². The van der Waals surface area contributed by atoms with Crippen molar-refractivity contribution in [3.05, 3.63) is 0 Å². The minimum Gasteiger partial charge on any atom is -0.354 e. The zero-order valence-corrected chi connectivity index (χ0v) is 14.9. The van der Waals surface area contributed by atoms with Crippen molar-refractivity contribution in [2.75, 3.05) is 14.2 Å². The van der Waals surface area contributed by atoms with E-state index in [0.717, 1.165) is 6.42 Å². The second-order valence-corrected chi connectivity index (χ2v) is 6.14. The minimum absolute atomic E-state index is 0.186. The van der Waals surface area contributed by atoms with Gasteiger partial charge in [0.1, 0.15) is 6.04 Å². The number of hydrogen-bond donors (Lipinski definition) is 2. The third kappa shape index (κ3) is 7.22. The Morgan fingerprint density at radius 3 is 1.95 bits per heavy atom. The first kappa shape index (κ1) is 20.9. The summed E-state index contributed by atoms with van der Waals surface area (Å²) in [4.78, 5) is 23.9. The molecule has 0 aromatic carbocycles. The van der Waals surface area contributed by atoms with Crippen LogP contribution in [0.1, 0.15) is 47.5 Å². The quantitative estimate of drug-likeness (QED) is 0.601. The van der Waals surface area contributed by atoms with Crippen LogP contribution >= 0.6 is 0 Å². The molecular weight excluding hydrogens is 284 g/mol. The molecule has 0 radical (unpaired) electrons. The van der Waals surface area contributed by atoms with Crippen LogP contribution in [0.4, 0.5) is 0 Å². The average Bonchev–Trinajstić information content (AvgIpc) is 2.44. The zero-order valence-electron chi connectivity index (χ0n) is 14.9. The average molecular weight is 316 g/mol. The van der Waals surface area contributed by atoms with Gasteiger partial charge in [0.25, 0.3) is 0 Å². The van der Waals surface area contributed by atoms with E-state index in [4.69, 9.17) is 9.47 Å². The normalized spacial score (nSPS) is 15.5. The van der Waals surface area contributed by atoms with Crippen LogP contribution in [-0.4, -0.2) is 44.4 Å². The molecule has 0 saturated heterocycles. The molecule has 0 fully saturated rings. The molecule has 0 bridgehead atoms. The first-order valence-electron chi connectivity index (χ1n) is 7.89. The molecule has 0 spiro atoms. The lowest BCUT2D eigenvalue weighted by Gasteiger charge is -2.32. The Bertz CT molecular complexity index is 343. The minimum atomic E-state index is -0.543. The van der Waals surface area contributed by atoms with Crippen LogP contribution in [0.25, 0.3) is 0 Å². The van der Waals surface area contributed by atoms with Crippen LogP contribution in [-0.2, 0) is 19.1 Å². The van der Waals surface area contributed by atoms with Gasteiger partial charge < -0.3 is 20.1 Å². The number of carbonyl (C=O) groups is 2. The van der Waals surface area contributed by atoms with Crippen LogP contribution in [0.15, 0.2) is 0 Å². The van der Waals surface area contributed by atoms with Gasteiger partial charge in [0.15, 0.2) is 6.29 Å². The third-order valence-electron chi connectivity index (χ3n) is 3.72. The van der Waals surface area contributed by atoms with E-state index in [-0.39, 0.29) is 23.8 Å². The van der Waals surface area contributed by atoms with Crippen LogP contribution in [0.3, 0.4) is 0 Å². The first-order valence-corrected chi connectivity index (χ1v) is 7.89. The number of amides is 2. The van der Waals surface area contributed by atoms with Crippen LogP contribution in [0, 0.1) is 11.8 Å². The summed E-state index contributed by atoms with van der Waals surface area (Å²) in [5, 5.41) is 5.69. The summed E-state index contributed by atoms with van der Waals surface area (Å²) in [5.41, 5.74) is 0. The maximum absolute atomic E-state index is 12.5. The standard InChI is InChI=1S/C16H32N2O4/c1-8-11(4)14(16(21-6)22-7)18-15(20)13(9-10(2)3)17-12(5)19/h10-11,13-14,16H,8-9H2,1-7H3,(H,17,19)(H,18,20)/t11?,13-,14?/m0/s1. The Morgan fingerprint density at radius 1 is 1.05 bits per heavy atom. The van der Waals surface area contributed by atoms with Crippen molar-refractivity contribution in [3.8, 4) is 0 Å². The highest BCUT2D eigenvalue weighted by atomic mass is 16.7. The Labute approximate surface area is 134 Å². The number of carbonyl (C=O) groups excluding carboxylic acids is 2. The summed E-state index contributed by atoms with van der Waals surface area (Å²) in [6.45, 7) is 9.53. The molecule has 0 aliphatic heterocycles. The smallest absolute Gasteiger partial charge is 0.242 e. The Morgan fingerprint density at radius 2 is 1.59 bits per heavy atom. The summed E-state index contributed by atoms with van der Waals surface area (Å²) in [7, 11) is 3.10. The fourth-order valence-electron chi connectivity index (χ4n) is 2.34. The molecule has 6 nitrogen and oxygen atoms in total. The Kier molecular flexibility index (Phi) is 10.0. The third-order valence-corrected chi connectivity index (χ3v) is 3.72. The predicted octanol–water partition coefficient (Wildman–Crippen LogP) is 1.69. The second kappa shape index (κ2) is 10.6. The SMILES string of the molecule is CCC(C)C(NC(=O)[C@H](CC(C)C)NC(C)=O)C(OC)OC.